The average Bonchev–Trinajstić information content (AvgIpc) is 2.27. The topological polar surface area (TPSA) is 32.3 Å². The largest absolute Gasteiger partial charge is 0.505 e. The average molecular weight is 237 g/mol. The van der Waals surface area contributed by atoms with Gasteiger partial charge in [0.1, 0.15) is 0 Å². The number of rotatable bonds is 2. The van der Waals surface area contributed by atoms with E-state index >= 15 is 0 Å². The number of hydrogen-bond acceptors (Lipinski definition) is 2. The van der Waals surface area contributed by atoms with Crippen molar-refractivity contribution in [1.82, 2.24) is 0 Å². The van der Waals surface area contributed by atoms with Gasteiger partial charge in [0.25, 0.3) is 0 Å². The predicted molar refractivity (Wildman–Crippen MR) is 67.7 cm³/mol. The fraction of sp³-hybridized carbons (Fsp3) is 0.571. The molecule has 1 fully saturated rings. The van der Waals surface area contributed by atoms with E-state index in [1.807, 2.05) is 0 Å². The Balaban J connectivity index is 1.95. The van der Waals surface area contributed by atoms with Gasteiger partial charge in [-0.05, 0) is 43.2 Å². The normalized spacial score (nSPS) is 20.2. The minimum absolute atomic E-state index is 0.291. The van der Waals surface area contributed by atoms with Crippen LogP contribution in [-0.4, -0.2) is 11.1 Å². The molecule has 0 aliphatic heterocycles. The van der Waals surface area contributed by atoms with Crippen molar-refractivity contribution < 1.29 is 9.50 Å². The van der Waals surface area contributed by atoms with Gasteiger partial charge in [-0.25, -0.2) is 4.39 Å². The van der Waals surface area contributed by atoms with Crippen molar-refractivity contribution in [3.05, 3.63) is 24.0 Å². The van der Waals surface area contributed by atoms with Gasteiger partial charge in [0.2, 0.25) is 0 Å². The van der Waals surface area contributed by atoms with Crippen molar-refractivity contribution in [2.45, 2.75) is 45.6 Å². The van der Waals surface area contributed by atoms with E-state index < -0.39 is 5.82 Å². The van der Waals surface area contributed by atoms with Crippen LogP contribution in [0.1, 0.15) is 39.5 Å². The summed E-state index contributed by atoms with van der Waals surface area (Å²) >= 11 is 0. The second-order valence-electron chi connectivity index (χ2n) is 5.75. The van der Waals surface area contributed by atoms with Gasteiger partial charge in [-0.3, -0.25) is 0 Å². The first-order valence-corrected chi connectivity index (χ1v) is 6.21. The van der Waals surface area contributed by atoms with Gasteiger partial charge in [-0.2, -0.15) is 0 Å². The Kier molecular flexibility index (Phi) is 3.27. The van der Waals surface area contributed by atoms with Gasteiger partial charge in [-0.15, -0.1) is 0 Å². The van der Waals surface area contributed by atoms with Crippen LogP contribution in [0.2, 0.25) is 0 Å². The van der Waals surface area contributed by atoms with Gasteiger partial charge >= 0.3 is 0 Å². The van der Waals surface area contributed by atoms with Crippen molar-refractivity contribution >= 4 is 5.69 Å². The first kappa shape index (κ1) is 12.2. The molecule has 0 atom stereocenters. The lowest BCUT2D eigenvalue weighted by Gasteiger charge is -2.35. The second-order valence-corrected chi connectivity index (χ2v) is 5.75. The van der Waals surface area contributed by atoms with Crippen LogP contribution in [0.5, 0.6) is 5.75 Å². The van der Waals surface area contributed by atoms with Gasteiger partial charge < -0.3 is 10.4 Å². The lowest BCUT2D eigenvalue weighted by atomic mass is 9.75. The molecule has 2 nitrogen and oxygen atoms in total. The Labute approximate surface area is 102 Å². The van der Waals surface area contributed by atoms with Crippen LogP contribution in [0, 0.1) is 11.2 Å². The molecule has 1 aliphatic rings. The third-order valence-electron chi connectivity index (χ3n) is 3.66. The highest BCUT2D eigenvalue weighted by Gasteiger charge is 2.26. The molecule has 1 saturated carbocycles. The molecule has 1 aliphatic carbocycles. The van der Waals surface area contributed by atoms with Gasteiger partial charge in [0.05, 0.1) is 0 Å². The number of anilines is 1. The summed E-state index contributed by atoms with van der Waals surface area (Å²) in [5, 5.41) is 12.5. The summed E-state index contributed by atoms with van der Waals surface area (Å²) in [6, 6.07) is 4.89. The van der Waals surface area contributed by atoms with E-state index in [1.165, 1.54) is 25.0 Å². The third kappa shape index (κ3) is 3.11. The van der Waals surface area contributed by atoms with Crippen LogP contribution >= 0.6 is 0 Å². The number of benzene rings is 1. The molecule has 94 valence electrons. The summed E-state index contributed by atoms with van der Waals surface area (Å²) < 4.78 is 13.2. The molecule has 0 bridgehead atoms. The van der Waals surface area contributed by atoms with E-state index in [4.69, 9.17) is 5.11 Å². The lowest BCUT2D eigenvalue weighted by Crippen LogP contribution is -2.29. The number of halogens is 1. The summed E-state index contributed by atoms with van der Waals surface area (Å²) in [4.78, 5) is 0. The minimum atomic E-state index is -0.564. The standard InChI is InChI=1S/C14H20FNO/c1-14(2)7-5-10(6-8-14)16-11-3-4-13(17)12(15)9-11/h3-4,9-10,16-17H,5-8H2,1-2H3. The van der Waals surface area contributed by atoms with Gasteiger partial charge in [-0.1, -0.05) is 13.8 Å². The summed E-state index contributed by atoms with van der Waals surface area (Å²) in [5.74, 6) is -0.855. The Morgan fingerprint density at radius 2 is 1.94 bits per heavy atom. The van der Waals surface area contributed by atoms with Crippen LogP contribution in [0.3, 0.4) is 0 Å². The summed E-state index contributed by atoms with van der Waals surface area (Å²) in [7, 11) is 0. The van der Waals surface area contributed by atoms with Crippen LogP contribution in [0.15, 0.2) is 18.2 Å². The number of phenols is 1. The molecule has 0 amide bonds. The van der Waals surface area contributed by atoms with Crippen LogP contribution in [0.25, 0.3) is 0 Å². The Bertz CT molecular complexity index is 393. The van der Waals surface area contributed by atoms with Crippen molar-refractivity contribution in [3.8, 4) is 5.75 Å². The van der Waals surface area contributed by atoms with E-state index in [9.17, 15) is 4.39 Å². The molecule has 1 aromatic rings. The number of phenolic OH excluding ortho intramolecular Hbond substituents is 1. The van der Waals surface area contributed by atoms with Crippen molar-refractivity contribution in [2.75, 3.05) is 5.32 Å². The monoisotopic (exact) mass is 237 g/mol. The van der Waals surface area contributed by atoms with Gasteiger partial charge in [0, 0.05) is 17.8 Å². The van der Waals surface area contributed by atoms with E-state index in [0.29, 0.717) is 11.5 Å². The molecule has 0 saturated heterocycles. The molecule has 2 N–H and O–H groups in total. The molecule has 0 unspecified atom stereocenters. The fourth-order valence-electron chi connectivity index (χ4n) is 2.38. The van der Waals surface area contributed by atoms with E-state index in [2.05, 4.69) is 19.2 Å². The van der Waals surface area contributed by atoms with Crippen molar-refractivity contribution in [2.24, 2.45) is 5.41 Å². The maximum atomic E-state index is 13.2. The van der Waals surface area contributed by atoms with Crippen LogP contribution in [0.4, 0.5) is 10.1 Å². The Morgan fingerprint density at radius 1 is 1.29 bits per heavy atom. The molecule has 0 spiro atoms. The van der Waals surface area contributed by atoms with Crippen molar-refractivity contribution in [3.63, 3.8) is 0 Å². The maximum absolute atomic E-state index is 13.2. The van der Waals surface area contributed by atoms with Crippen LogP contribution < -0.4 is 5.32 Å². The quantitative estimate of drug-likeness (QED) is 0.764. The zero-order chi connectivity index (χ0) is 12.5. The molecule has 0 heterocycles. The molecule has 1 aromatic carbocycles. The van der Waals surface area contributed by atoms with E-state index in [-0.39, 0.29) is 5.75 Å². The summed E-state index contributed by atoms with van der Waals surface area (Å²) in [6.07, 6.45) is 4.64. The molecule has 17 heavy (non-hydrogen) atoms. The first-order chi connectivity index (χ1) is 7.96. The zero-order valence-electron chi connectivity index (χ0n) is 10.5. The van der Waals surface area contributed by atoms with Crippen molar-refractivity contribution in [1.29, 1.82) is 0 Å². The highest BCUT2D eigenvalue weighted by atomic mass is 19.1. The summed E-state index contributed by atoms with van der Waals surface area (Å²) in [5.41, 5.74) is 1.20. The lowest BCUT2D eigenvalue weighted by molar-refractivity contribution is 0.232. The SMILES string of the molecule is CC1(C)CCC(Nc2ccc(O)c(F)c2)CC1. The highest BCUT2D eigenvalue weighted by Crippen LogP contribution is 2.36. The van der Waals surface area contributed by atoms with Crippen LogP contribution in [-0.2, 0) is 0 Å². The zero-order valence-corrected chi connectivity index (χ0v) is 10.5. The van der Waals surface area contributed by atoms with E-state index in [0.717, 1.165) is 18.5 Å². The molecular formula is C14H20FNO. The first-order valence-electron chi connectivity index (χ1n) is 6.21. The van der Waals surface area contributed by atoms with Gasteiger partial charge in [0.15, 0.2) is 11.6 Å². The molecular weight excluding hydrogens is 217 g/mol. The molecule has 2 rings (SSSR count). The molecule has 3 heteroatoms. The summed E-state index contributed by atoms with van der Waals surface area (Å²) in [6.45, 7) is 4.59. The number of aromatic hydroxyl groups is 1. The molecule has 0 radical (unpaired) electrons. The minimum Gasteiger partial charge on any atom is -0.505 e. The third-order valence-corrected chi connectivity index (χ3v) is 3.66. The highest BCUT2D eigenvalue weighted by molar-refractivity contribution is 5.47. The predicted octanol–water partition coefficient (Wildman–Crippen LogP) is 3.91. The maximum Gasteiger partial charge on any atom is 0.166 e. The smallest absolute Gasteiger partial charge is 0.166 e. The second kappa shape index (κ2) is 4.55. The fourth-order valence-corrected chi connectivity index (χ4v) is 2.38. The molecule has 0 aromatic heterocycles. The number of nitrogens with one attached hydrogen (secondary N) is 1. The Hall–Kier alpha value is -1.25. The Morgan fingerprint density at radius 3 is 2.53 bits per heavy atom. The number of hydrogen-bond donors (Lipinski definition) is 2. The van der Waals surface area contributed by atoms with E-state index in [1.54, 1.807) is 6.07 Å².